The second-order valence-electron chi connectivity index (χ2n) is 6.88. The van der Waals surface area contributed by atoms with Crippen LogP contribution < -0.4 is 9.49 Å². The van der Waals surface area contributed by atoms with Crippen molar-refractivity contribution >= 4 is 28.7 Å². The highest BCUT2D eigenvalue weighted by atomic mass is 16.2. The van der Waals surface area contributed by atoms with Crippen LogP contribution >= 0.6 is 0 Å². The molecule has 2 aromatic rings. The van der Waals surface area contributed by atoms with Crippen molar-refractivity contribution in [2.45, 2.75) is 13.0 Å². The lowest BCUT2D eigenvalue weighted by Gasteiger charge is -2.23. The molecule has 25 heavy (non-hydrogen) atoms. The highest BCUT2D eigenvalue weighted by molar-refractivity contribution is 6.18. The summed E-state index contributed by atoms with van der Waals surface area (Å²) in [7, 11) is 6.27. The lowest BCUT2D eigenvalue weighted by atomic mass is 10.2. The maximum Gasteiger partial charge on any atom is 0.280 e. The molecule has 1 aliphatic rings. The number of quaternary nitrogens is 1. The average molecular weight is 336 g/mol. The van der Waals surface area contributed by atoms with Gasteiger partial charge in [-0.05, 0) is 31.2 Å². The maximum absolute atomic E-state index is 12.6. The predicted octanol–water partition coefficient (Wildman–Crippen LogP) is 3.76. The molecule has 1 aliphatic heterocycles. The first kappa shape index (κ1) is 17.0. The number of hydrogen-bond acceptors (Lipinski definition) is 4. The summed E-state index contributed by atoms with van der Waals surface area (Å²) >= 11 is 0. The third-order valence-electron chi connectivity index (χ3n) is 3.99. The van der Waals surface area contributed by atoms with Gasteiger partial charge in [0.25, 0.3) is 5.91 Å². The molecule has 6 heteroatoms. The van der Waals surface area contributed by atoms with E-state index in [1.807, 2.05) is 54.6 Å². The molecule has 0 N–H and O–H groups in total. The fraction of sp³-hybridized carbons (Fsp3) is 0.263. The van der Waals surface area contributed by atoms with Crippen LogP contribution in [0, 0.1) is 0 Å². The standard InChI is InChI=1S/C19H22N5O/c1-14-18(19(25)23(22-14)16-10-6-5-7-11-16)21-20-15-9-8-12-17(13-15)24(2,3)4/h5-13,18H,1-4H3/q+1. The van der Waals surface area contributed by atoms with E-state index >= 15 is 0 Å². The molecule has 1 unspecified atom stereocenters. The number of carbonyl (C=O) groups excluding carboxylic acids is 1. The van der Waals surface area contributed by atoms with Gasteiger partial charge in [0.1, 0.15) is 5.69 Å². The lowest BCUT2D eigenvalue weighted by Crippen LogP contribution is -2.34. The average Bonchev–Trinajstić information content (AvgIpc) is 2.88. The summed E-state index contributed by atoms with van der Waals surface area (Å²) < 4.78 is 0.688. The first-order valence-corrected chi connectivity index (χ1v) is 8.13. The highest BCUT2D eigenvalue weighted by Gasteiger charge is 2.34. The molecule has 0 bridgehead atoms. The molecule has 128 valence electrons. The van der Waals surface area contributed by atoms with Gasteiger partial charge >= 0.3 is 0 Å². The minimum absolute atomic E-state index is 0.185. The number of para-hydroxylation sites is 1. The summed E-state index contributed by atoms with van der Waals surface area (Å²) in [6, 6.07) is 16.5. The normalized spacial score (nSPS) is 18.1. The Morgan fingerprint density at radius 1 is 1.04 bits per heavy atom. The zero-order valence-corrected chi connectivity index (χ0v) is 14.9. The van der Waals surface area contributed by atoms with Gasteiger partial charge in [-0.1, -0.05) is 24.3 Å². The highest BCUT2D eigenvalue weighted by Crippen LogP contribution is 2.26. The van der Waals surface area contributed by atoms with Gasteiger partial charge in [-0.15, -0.1) is 0 Å². The summed E-state index contributed by atoms with van der Waals surface area (Å²) in [5.41, 5.74) is 3.21. The quantitative estimate of drug-likeness (QED) is 0.619. The minimum Gasteiger partial charge on any atom is -0.298 e. The van der Waals surface area contributed by atoms with Gasteiger partial charge in [0.2, 0.25) is 0 Å². The molecular weight excluding hydrogens is 314 g/mol. The molecule has 0 aliphatic carbocycles. The number of anilines is 1. The predicted molar refractivity (Wildman–Crippen MR) is 101 cm³/mol. The second-order valence-corrected chi connectivity index (χ2v) is 6.88. The fourth-order valence-corrected chi connectivity index (χ4v) is 2.54. The molecule has 2 aromatic carbocycles. The Balaban J connectivity index is 1.81. The van der Waals surface area contributed by atoms with Gasteiger partial charge in [0.05, 0.1) is 38.2 Å². The molecule has 0 saturated heterocycles. The number of amides is 1. The van der Waals surface area contributed by atoms with E-state index in [1.54, 1.807) is 6.92 Å². The van der Waals surface area contributed by atoms with Gasteiger partial charge in [0, 0.05) is 6.07 Å². The number of benzene rings is 2. The van der Waals surface area contributed by atoms with Crippen molar-refractivity contribution in [2.24, 2.45) is 15.3 Å². The zero-order valence-electron chi connectivity index (χ0n) is 14.9. The van der Waals surface area contributed by atoms with Crippen molar-refractivity contribution in [1.82, 2.24) is 4.48 Å². The van der Waals surface area contributed by atoms with E-state index in [0.717, 1.165) is 17.1 Å². The van der Waals surface area contributed by atoms with Gasteiger partial charge in [-0.2, -0.15) is 20.3 Å². The minimum atomic E-state index is -0.673. The van der Waals surface area contributed by atoms with Gasteiger partial charge < -0.3 is 0 Å². The molecular formula is C19H22N5O+. The van der Waals surface area contributed by atoms with Crippen molar-refractivity contribution < 1.29 is 4.79 Å². The van der Waals surface area contributed by atoms with E-state index in [9.17, 15) is 4.79 Å². The number of hydrogen-bond donors (Lipinski definition) is 0. The Labute approximate surface area is 147 Å². The Bertz CT molecular complexity index is 836. The van der Waals surface area contributed by atoms with Crippen LogP contribution in [-0.2, 0) is 4.79 Å². The molecule has 0 saturated carbocycles. The number of nitrogens with zero attached hydrogens (tertiary/aromatic N) is 5. The summed E-state index contributed by atoms with van der Waals surface area (Å²) in [6.07, 6.45) is 0. The van der Waals surface area contributed by atoms with Crippen LogP contribution in [0.3, 0.4) is 0 Å². The van der Waals surface area contributed by atoms with E-state index in [0.29, 0.717) is 10.2 Å². The van der Waals surface area contributed by atoms with Gasteiger partial charge in [0.15, 0.2) is 6.04 Å². The lowest BCUT2D eigenvalue weighted by molar-refractivity contribution is -0.117. The van der Waals surface area contributed by atoms with Gasteiger partial charge in [-0.25, -0.2) is 0 Å². The molecule has 3 rings (SSSR count). The number of hydrazone groups is 1. The monoisotopic (exact) mass is 336 g/mol. The SMILES string of the molecule is CC1=NN(c2ccccc2)C(=O)C1N=Nc1cccc([N+](C)(C)C)c1. The molecule has 1 amide bonds. The first-order chi connectivity index (χ1) is 11.9. The van der Waals surface area contributed by atoms with E-state index in [1.165, 1.54) is 5.01 Å². The zero-order chi connectivity index (χ0) is 18.0. The van der Waals surface area contributed by atoms with Crippen molar-refractivity contribution in [3.05, 3.63) is 54.6 Å². The summed E-state index contributed by atoms with van der Waals surface area (Å²) in [5.74, 6) is -0.185. The van der Waals surface area contributed by atoms with Crippen LogP contribution in [0.5, 0.6) is 0 Å². The third-order valence-corrected chi connectivity index (χ3v) is 3.99. The van der Waals surface area contributed by atoms with E-state index in [4.69, 9.17) is 0 Å². The molecule has 0 spiro atoms. The smallest absolute Gasteiger partial charge is 0.280 e. The van der Waals surface area contributed by atoms with E-state index < -0.39 is 6.04 Å². The summed E-state index contributed by atoms with van der Waals surface area (Å²) in [4.78, 5) is 12.6. The van der Waals surface area contributed by atoms with E-state index in [2.05, 4.69) is 36.5 Å². The van der Waals surface area contributed by atoms with Crippen LogP contribution in [0.2, 0.25) is 0 Å². The van der Waals surface area contributed by atoms with E-state index in [-0.39, 0.29) is 5.91 Å². The summed E-state index contributed by atoms with van der Waals surface area (Å²) in [6.45, 7) is 1.80. The number of rotatable bonds is 4. The second kappa shape index (κ2) is 6.57. The van der Waals surface area contributed by atoms with Crippen molar-refractivity contribution in [2.75, 3.05) is 26.2 Å². The number of azo groups is 1. The van der Waals surface area contributed by atoms with Crippen LogP contribution in [0.1, 0.15) is 6.92 Å². The fourth-order valence-electron chi connectivity index (χ4n) is 2.54. The Kier molecular flexibility index (Phi) is 4.46. The largest absolute Gasteiger partial charge is 0.298 e. The first-order valence-electron chi connectivity index (χ1n) is 8.13. The molecule has 0 aromatic heterocycles. The van der Waals surface area contributed by atoms with Gasteiger partial charge in [-0.3, -0.25) is 9.28 Å². The topological polar surface area (TPSA) is 57.4 Å². The van der Waals surface area contributed by atoms with Crippen LogP contribution in [0.4, 0.5) is 17.1 Å². The van der Waals surface area contributed by atoms with Crippen molar-refractivity contribution in [3.63, 3.8) is 0 Å². The molecule has 0 fully saturated rings. The Morgan fingerprint density at radius 3 is 2.44 bits per heavy atom. The Hall–Kier alpha value is -2.86. The number of carbonyl (C=O) groups is 1. The van der Waals surface area contributed by atoms with Crippen LogP contribution in [0.25, 0.3) is 0 Å². The van der Waals surface area contributed by atoms with Crippen molar-refractivity contribution in [1.29, 1.82) is 0 Å². The maximum atomic E-state index is 12.6. The molecule has 1 heterocycles. The molecule has 1 atom stereocenters. The summed E-state index contributed by atoms with van der Waals surface area (Å²) in [5, 5.41) is 14.3. The molecule has 6 nitrogen and oxygen atoms in total. The van der Waals surface area contributed by atoms with Crippen molar-refractivity contribution in [3.8, 4) is 0 Å². The third kappa shape index (κ3) is 3.64. The Morgan fingerprint density at radius 2 is 1.76 bits per heavy atom. The van der Waals surface area contributed by atoms with Crippen LogP contribution in [-0.4, -0.2) is 38.8 Å². The molecule has 0 radical (unpaired) electrons. The van der Waals surface area contributed by atoms with Crippen LogP contribution in [0.15, 0.2) is 69.9 Å².